The molecule has 3 rings (SSSR count). The van der Waals surface area contributed by atoms with Crippen molar-refractivity contribution < 1.29 is 9.18 Å². The first-order chi connectivity index (χ1) is 12.5. The third-order valence-corrected chi connectivity index (χ3v) is 4.46. The lowest BCUT2D eigenvalue weighted by Crippen LogP contribution is -2.15. The van der Waals surface area contributed by atoms with E-state index in [9.17, 15) is 19.2 Å². The average Bonchev–Trinajstić information content (AvgIpc) is 2.62. The average molecular weight is 386 g/mol. The van der Waals surface area contributed by atoms with E-state index in [1.165, 1.54) is 24.3 Å². The van der Waals surface area contributed by atoms with Crippen LogP contribution in [0.5, 0.6) is 0 Å². The molecule has 0 fully saturated rings. The zero-order chi connectivity index (χ0) is 18.7. The Balaban J connectivity index is 2.00. The quantitative estimate of drug-likeness (QED) is 0.543. The van der Waals surface area contributed by atoms with Crippen LogP contribution in [0.25, 0.3) is 11.3 Å². The molecule has 0 bridgehead atoms. The van der Waals surface area contributed by atoms with Gasteiger partial charge in [0.05, 0.1) is 5.69 Å². The van der Waals surface area contributed by atoms with Crippen molar-refractivity contribution in [2.45, 2.75) is 5.16 Å². The molecule has 0 radical (unpaired) electrons. The Bertz CT molecular complexity index is 1070. The van der Waals surface area contributed by atoms with Crippen LogP contribution in [-0.4, -0.2) is 15.1 Å². The standard InChI is InChI=1S/C18H9ClFN3O2S/c19-12-5-1-10(2-6-12)15-14(9-21)16(24)23-18(22-15)26-17(25)11-3-7-13(20)8-4-11/h1-8H,(H,22,23,24). The van der Waals surface area contributed by atoms with Crippen molar-refractivity contribution in [1.82, 2.24) is 9.97 Å². The molecule has 0 unspecified atom stereocenters. The Kier molecular flexibility index (Phi) is 5.16. The minimum Gasteiger partial charge on any atom is -0.300 e. The number of aromatic amines is 1. The molecular weight excluding hydrogens is 377 g/mol. The molecule has 0 atom stereocenters. The van der Waals surface area contributed by atoms with E-state index in [1.807, 2.05) is 6.07 Å². The fourth-order valence-corrected chi connectivity index (χ4v) is 2.99. The molecule has 2 aromatic carbocycles. The van der Waals surface area contributed by atoms with Crippen LogP contribution in [0.15, 0.2) is 58.5 Å². The van der Waals surface area contributed by atoms with E-state index >= 15 is 0 Å². The van der Waals surface area contributed by atoms with Crippen molar-refractivity contribution in [1.29, 1.82) is 5.26 Å². The van der Waals surface area contributed by atoms with E-state index in [1.54, 1.807) is 24.3 Å². The SMILES string of the molecule is N#Cc1c(-c2ccc(Cl)cc2)nc(SC(=O)c2ccc(F)cc2)[nH]c1=O. The van der Waals surface area contributed by atoms with Gasteiger partial charge < -0.3 is 0 Å². The van der Waals surface area contributed by atoms with Crippen molar-refractivity contribution in [2.24, 2.45) is 0 Å². The highest BCUT2D eigenvalue weighted by Gasteiger charge is 2.16. The summed E-state index contributed by atoms with van der Waals surface area (Å²) in [5, 5.41) is 9.36. The van der Waals surface area contributed by atoms with E-state index < -0.39 is 16.5 Å². The number of benzene rings is 2. The molecule has 1 aromatic heterocycles. The fraction of sp³-hybridized carbons (Fsp3) is 0. The maximum atomic E-state index is 13.0. The molecule has 0 aliphatic carbocycles. The second kappa shape index (κ2) is 7.52. The Morgan fingerprint density at radius 3 is 2.42 bits per heavy atom. The summed E-state index contributed by atoms with van der Waals surface area (Å²) in [6, 6.07) is 13.3. The molecule has 0 saturated carbocycles. The van der Waals surface area contributed by atoms with E-state index in [2.05, 4.69) is 9.97 Å². The van der Waals surface area contributed by atoms with Crippen LogP contribution >= 0.6 is 23.4 Å². The first kappa shape index (κ1) is 17.9. The Labute approximate surface area is 156 Å². The third kappa shape index (κ3) is 3.82. The molecule has 8 heteroatoms. The van der Waals surface area contributed by atoms with E-state index in [0.29, 0.717) is 22.3 Å². The number of rotatable bonds is 3. The normalized spacial score (nSPS) is 10.3. The zero-order valence-electron chi connectivity index (χ0n) is 13.0. The number of carbonyl (C=O) groups excluding carboxylic acids is 1. The zero-order valence-corrected chi connectivity index (χ0v) is 14.6. The van der Waals surface area contributed by atoms with E-state index in [4.69, 9.17) is 11.6 Å². The number of hydrogen-bond donors (Lipinski definition) is 1. The number of H-pyrrole nitrogens is 1. The molecule has 5 nitrogen and oxygen atoms in total. The van der Waals surface area contributed by atoms with Crippen LogP contribution in [0.2, 0.25) is 5.02 Å². The van der Waals surface area contributed by atoms with Crippen molar-refractivity contribution >= 4 is 28.5 Å². The van der Waals surface area contributed by atoms with E-state index in [-0.39, 0.29) is 22.0 Å². The molecule has 1 heterocycles. The highest BCUT2D eigenvalue weighted by Crippen LogP contribution is 2.25. The number of aromatic nitrogens is 2. The second-order valence-electron chi connectivity index (χ2n) is 5.11. The molecule has 0 spiro atoms. The topological polar surface area (TPSA) is 86.6 Å². The maximum absolute atomic E-state index is 13.0. The van der Waals surface area contributed by atoms with Crippen LogP contribution in [0.3, 0.4) is 0 Å². The minimum absolute atomic E-state index is 0.0354. The number of thioether (sulfide) groups is 1. The molecule has 0 saturated heterocycles. The van der Waals surface area contributed by atoms with Gasteiger partial charge in [-0.15, -0.1) is 0 Å². The van der Waals surface area contributed by atoms with Crippen molar-refractivity contribution in [3.63, 3.8) is 0 Å². The summed E-state index contributed by atoms with van der Waals surface area (Å²) in [6.07, 6.45) is 0. The first-order valence-corrected chi connectivity index (χ1v) is 8.45. The van der Waals surface area contributed by atoms with Crippen LogP contribution in [-0.2, 0) is 0 Å². The Hall–Kier alpha value is -2.95. The first-order valence-electron chi connectivity index (χ1n) is 7.26. The highest BCUT2D eigenvalue weighted by molar-refractivity contribution is 8.14. The van der Waals surface area contributed by atoms with Gasteiger partial charge in [0, 0.05) is 16.1 Å². The summed E-state index contributed by atoms with van der Waals surface area (Å²) < 4.78 is 13.0. The number of nitriles is 1. The van der Waals surface area contributed by atoms with Crippen LogP contribution in [0.4, 0.5) is 4.39 Å². The van der Waals surface area contributed by atoms with Crippen LogP contribution in [0, 0.1) is 17.1 Å². The number of nitrogens with one attached hydrogen (secondary N) is 1. The smallest absolute Gasteiger partial charge is 0.270 e. The molecule has 3 aromatic rings. The molecular formula is C18H9ClFN3O2S. The van der Waals surface area contributed by atoms with Gasteiger partial charge in [-0.05, 0) is 48.2 Å². The number of hydrogen-bond acceptors (Lipinski definition) is 5. The van der Waals surface area contributed by atoms with Gasteiger partial charge in [-0.3, -0.25) is 14.6 Å². The molecule has 1 N–H and O–H groups in total. The van der Waals surface area contributed by atoms with Crippen molar-refractivity contribution in [3.8, 4) is 17.3 Å². The summed E-state index contributed by atoms with van der Waals surface area (Å²) in [4.78, 5) is 31.1. The van der Waals surface area contributed by atoms with Gasteiger partial charge in [0.1, 0.15) is 17.4 Å². The van der Waals surface area contributed by atoms with Crippen molar-refractivity contribution in [3.05, 3.63) is 80.9 Å². The summed E-state index contributed by atoms with van der Waals surface area (Å²) >= 11 is 6.54. The largest absolute Gasteiger partial charge is 0.300 e. The second-order valence-corrected chi connectivity index (χ2v) is 6.51. The van der Waals surface area contributed by atoms with Crippen LogP contribution < -0.4 is 5.56 Å². The summed E-state index contributed by atoms with van der Waals surface area (Å²) in [5.74, 6) is -0.457. The van der Waals surface area contributed by atoms with Gasteiger partial charge >= 0.3 is 0 Å². The fourth-order valence-electron chi connectivity index (χ4n) is 2.15. The number of carbonyl (C=O) groups is 1. The molecule has 26 heavy (non-hydrogen) atoms. The Morgan fingerprint density at radius 2 is 1.81 bits per heavy atom. The van der Waals surface area contributed by atoms with Crippen molar-refractivity contribution in [2.75, 3.05) is 0 Å². The summed E-state index contributed by atoms with van der Waals surface area (Å²) in [5.41, 5.74) is 0.125. The maximum Gasteiger partial charge on any atom is 0.270 e. The Morgan fingerprint density at radius 1 is 1.15 bits per heavy atom. The van der Waals surface area contributed by atoms with Crippen LogP contribution in [0.1, 0.15) is 15.9 Å². The minimum atomic E-state index is -0.651. The predicted octanol–water partition coefficient (Wildman–Crippen LogP) is 4.03. The third-order valence-electron chi connectivity index (χ3n) is 3.40. The number of halogens is 2. The van der Waals surface area contributed by atoms with Gasteiger partial charge in [0.15, 0.2) is 5.16 Å². The van der Waals surface area contributed by atoms with Gasteiger partial charge in [-0.25, -0.2) is 9.37 Å². The lowest BCUT2D eigenvalue weighted by Gasteiger charge is -2.06. The lowest BCUT2D eigenvalue weighted by atomic mass is 10.1. The lowest BCUT2D eigenvalue weighted by molar-refractivity contribution is 0.108. The van der Waals surface area contributed by atoms with Gasteiger partial charge in [0.25, 0.3) is 5.56 Å². The predicted molar refractivity (Wildman–Crippen MR) is 96.6 cm³/mol. The molecule has 0 aliphatic heterocycles. The van der Waals surface area contributed by atoms with E-state index in [0.717, 1.165) is 0 Å². The van der Waals surface area contributed by atoms with Gasteiger partial charge in [-0.1, -0.05) is 23.7 Å². The summed E-state index contributed by atoms with van der Waals surface area (Å²) in [7, 11) is 0. The van der Waals surface area contributed by atoms with Gasteiger partial charge in [0.2, 0.25) is 5.12 Å². The molecule has 0 amide bonds. The molecule has 0 aliphatic rings. The monoisotopic (exact) mass is 385 g/mol. The summed E-state index contributed by atoms with van der Waals surface area (Å²) in [6.45, 7) is 0. The van der Waals surface area contributed by atoms with Gasteiger partial charge in [-0.2, -0.15) is 5.26 Å². The number of nitrogens with zero attached hydrogens (tertiary/aromatic N) is 2. The molecule has 128 valence electrons. The highest BCUT2D eigenvalue weighted by atomic mass is 35.5.